The quantitative estimate of drug-likeness (QED) is 0.608. The van der Waals surface area contributed by atoms with Crippen molar-refractivity contribution in [1.29, 1.82) is 0 Å². The fraction of sp³-hybridized carbons (Fsp3) is 0.125. The van der Waals surface area contributed by atoms with Gasteiger partial charge in [-0.2, -0.15) is 0 Å². The average Bonchev–Trinajstić information content (AvgIpc) is 2.99. The highest BCUT2D eigenvalue weighted by molar-refractivity contribution is 6.00. The zero-order valence-electron chi connectivity index (χ0n) is 14.7. The normalized spacial score (nSPS) is 14.0. The second kappa shape index (κ2) is 6.64. The minimum atomic E-state index is -0.918. The van der Waals surface area contributed by atoms with Gasteiger partial charge in [0.2, 0.25) is 0 Å². The molecule has 0 unspecified atom stereocenters. The zero-order valence-corrected chi connectivity index (χ0v) is 14.7. The van der Waals surface area contributed by atoms with E-state index in [-0.39, 0.29) is 5.97 Å². The highest BCUT2D eigenvalue weighted by Gasteiger charge is 2.48. The van der Waals surface area contributed by atoms with Crippen LogP contribution in [0.2, 0.25) is 0 Å². The molecule has 2 heteroatoms. The second-order valence-corrected chi connectivity index (χ2v) is 6.36. The number of fused-ring (bicyclic) bond motifs is 3. The van der Waals surface area contributed by atoms with Crippen LogP contribution in [0.4, 0.5) is 0 Å². The van der Waals surface area contributed by atoms with Crippen molar-refractivity contribution in [2.45, 2.75) is 12.3 Å². The van der Waals surface area contributed by atoms with Crippen LogP contribution in [-0.4, -0.2) is 12.6 Å². The third-order valence-corrected chi connectivity index (χ3v) is 4.92. The molecule has 0 aliphatic heterocycles. The van der Waals surface area contributed by atoms with Crippen LogP contribution < -0.4 is 0 Å². The van der Waals surface area contributed by atoms with Gasteiger partial charge in [0.1, 0.15) is 5.41 Å². The Morgan fingerprint density at radius 2 is 1.38 bits per heavy atom. The van der Waals surface area contributed by atoms with Crippen molar-refractivity contribution >= 4 is 12.0 Å². The van der Waals surface area contributed by atoms with Crippen LogP contribution in [0.25, 0.3) is 17.2 Å². The molecule has 128 valence electrons. The number of rotatable bonds is 4. The van der Waals surface area contributed by atoms with Crippen molar-refractivity contribution in [2.75, 3.05) is 6.61 Å². The molecule has 2 nitrogen and oxygen atoms in total. The fourth-order valence-corrected chi connectivity index (χ4v) is 3.77. The number of hydrogen-bond acceptors (Lipinski definition) is 2. The Bertz CT molecular complexity index is 925. The number of benzene rings is 3. The van der Waals surface area contributed by atoms with Gasteiger partial charge in [0.05, 0.1) is 6.61 Å². The minimum Gasteiger partial charge on any atom is -0.465 e. The van der Waals surface area contributed by atoms with Crippen LogP contribution in [0.5, 0.6) is 0 Å². The van der Waals surface area contributed by atoms with Crippen molar-refractivity contribution in [2.24, 2.45) is 0 Å². The van der Waals surface area contributed by atoms with Crippen molar-refractivity contribution < 1.29 is 9.53 Å². The summed E-state index contributed by atoms with van der Waals surface area (Å²) in [6.07, 6.45) is 4.00. The van der Waals surface area contributed by atoms with E-state index in [0.29, 0.717) is 6.61 Å². The summed E-state index contributed by atoms with van der Waals surface area (Å²) in [5.41, 5.74) is 4.28. The predicted molar refractivity (Wildman–Crippen MR) is 105 cm³/mol. The van der Waals surface area contributed by atoms with Crippen molar-refractivity contribution in [3.63, 3.8) is 0 Å². The summed E-state index contributed by atoms with van der Waals surface area (Å²) in [7, 11) is 0. The molecular weight excluding hydrogens is 320 g/mol. The van der Waals surface area contributed by atoms with E-state index < -0.39 is 5.41 Å². The summed E-state index contributed by atoms with van der Waals surface area (Å²) < 4.78 is 5.54. The van der Waals surface area contributed by atoms with E-state index in [2.05, 4.69) is 12.1 Å². The van der Waals surface area contributed by atoms with Crippen molar-refractivity contribution in [3.05, 3.63) is 102 Å². The summed E-state index contributed by atoms with van der Waals surface area (Å²) in [6.45, 7) is 2.20. The first kappa shape index (κ1) is 16.3. The van der Waals surface area contributed by atoms with Crippen LogP contribution in [-0.2, 0) is 14.9 Å². The lowest BCUT2D eigenvalue weighted by Crippen LogP contribution is -2.35. The Morgan fingerprint density at radius 1 is 0.846 bits per heavy atom. The highest BCUT2D eigenvalue weighted by atomic mass is 16.5. The summed E-state index contributed by atoms with van der Waals surface area (Å²) >= 11 is 0. The largest absolute Gasteiger partial charge is 0.465 e. The molecule has 0 spiro atoms. The average molecular weight is 340 g/mol. The Morgan fingerprint density at radius 3 is 1.96 bits per heavy atom. The smallest absolute Gasteiger partial charge is 0.325 e. The molecule has 0 saturated carbocycles. The standard InChI is InChI=1S/C24H20O2/c1-2-26-23(25)24(17-16-18-10-4-3-5-11-18)21-14-8-6-12-19(21)20-13-7-9-15-22(20)24/h3-17H,2H2,1H3/b17-16+. The van der Waals surface area contributed by atoms with Crippen LogP contribution in [0.3, 0.4) is 0 Å². The van der Waals surface area contributed by atoms with E-state index in [4.69, 9.17) is 4.74 Å². The first-order valence-electron chi connectivity index (χ1n) is 8.88. The Balaban J connectivity index is 1.97. The molecule has 1 aliphatic rings. The summed E-state index contributed by atoms with van der Waals surface area (Å²) in [5.74, 6) is -0.232. The summed E-state index contributed by atoms with van der Waals surface area (Å²) in [6, 6.07) is 26.2. The Hall–Kier alpha value is -3.13. The lowest BCUT2D eigenvalue weighted by molar-refractivity contribution is -0.146. The number of esters is 1. The third kappa shape index (κ3) is 2.46. The van der Waals surface area contributed by atoms with Gasteiger partial charge in [-0.15, -0.1) is 0 Å². The van der Waals surface area contributed by atoms with Gasteiger partial charge in [0.15, 0.2) is 0 Å². The molecule has 0 bridgehead atoms. The fourth-order valence-electron chi connectivity index (χ4n) is 3.77. The van der Waals surface area contributed by atoms with E-state index in [0.717, 1.165) is 27.8 Å². The molecule has 3 aromatic rings. The van der Waals surface area contributed by atoms with Gasteiger partial charge < -0.3 is 4.74 Å². The molecule has 3 aromatic carbocycles. The first-order chi connectivity index (χ1) is 12.8. The van der Waals surface area contributed by atoms with Gasteiger partial charge in [-0.25, -0.2) is 0 Å². The lowest BCUT2D eigenvalue weighted by atomic mass is 9.77. The molecule has 1 aliphatic carbocycles. The van der Waals surface area contributed by atoms with Gasteiger partial charge >= 0.3 is 5.97 Å². The highest BCUT2D eigenvalue weighted by Crippen LogP contribution is 2.50. The molecule has 0 atom stereocenters. The summed E-state index contributed by atoms with van der Waals surface area (Å²) in [5, 5.41) is 0. The van der Waals surface area contributed by atoms with Crippen molar-refractivity contribution in [3.8, 4) is 11.1 Å². The molecule has 0 fully saturated rings. The molecule has 0 radical (unpaired) electrons. The maximum Gasteiger partial charge on any atom is 0.325 e. The molecule has 0 aromatic heterocycles. The minimum absolute atomic E-state index is 0.232. The number of carbonyl (C=O) groups is 1. The lowest BCUT2D eigenvalue weighted by Gasteiger charge is -2.26. The van der Waals surface area contributed by atoms with Gasteiger partial charge in [0.25, 0.3) is 0 Å². The number of carbonyl (C=O) groups excluding carboxylic acids is 1. The first-order valence-corrected chi connectivity index (χ1v) is 8.88. The zero-order chi connectivity index (χ0) is 18.0. The van der Waals surface area contributed by atoms with E-state index in [1.54, 1.807) is 0 Å². The van der Waals surface area contributed by atoms with Gasteiger partial charge in [0, 0.05) is 0 Å². The SMILES string of the molecule is CCOC(=O)C1(/C=C/c2ccccc2)c2ccccc2-c2ccccc21. The molecule has 0 heterocycles. The number of ether oxygens (including phenoxy) is 1. The van der Waals surface area contributed by atoms with Gasteiger partial charge in [-0.05, 0) is 34.7 Å². The molecule has 0 N–H and O–H groups in total. The Labute approximate surface area is 153 Å². The second-order valence-electron chi connectivity index (χ2n) is 6.36. The molecule has 0 saturated heterocycles. The molecule has 26 heavy (non-hydrogen) atoms. The van der Waals surface area contributed by atoms with E-state index in [1.807, 2.05) is 85.8 Å². The van der Waals surface area contributed by atoms with Crippen LogP contribution in [0.1, 0.15) is 23.6 Å². The predicted octanol–water partition coefficient (Wildman–Crippen LogP) is 5.23. The molecule has 0 amide bonds. The third-order valence-electron chi connectivity index (χ3n) is 4.92. The van der Waals surface area contributed by atoms with Crippen LogP contribution in [0, 0.1) is 0 Å². The van der Waals surface area contributed by atoms with E-state index >= 15 is 0 Å². The maximum atomic E-state index is 13.2. The van der Waals surface area contributed by atoms with Gasteiger partial charge in [-0.3, -0.25) is 4.79 Å². The van der Waals surface area contributed by atoms with Crippen molar-refractivity contribution in [1.82, 2.24) is 0 Å². The van der Waals surface area contributed by atoms with Crippen LogP contribution >= 0.6 is 0 Å². The molecular formula is C24H20O2. The number of hydrogen-bond donors (Lipinski definition) is 0. The topological polar surface area (TPSA) is 26.3 Å². The van der Waals surface area contributed by atoms with E-state index in [9.17, 15) is 4.79 Å². The van der Waals surface area contributed by atoms with Crippen LogP contribution in [0.15, 0.2) is 84.9 Å². The Kier molecular flexibility index (Phi) is 4.18. The monoisotopic (exact) mass is 340 g/mol. The molecule has 4 rings (SSSR count). The summed E-state index contributed by atoms with van der Waals surface area (Å²) in [4.78, 5) is 13.2. The van der Waals surface area contributed by atoms with Gasteiger partial charge in [-0.1, -0.05) is 91.0 Å². The van der Waals surface area contributed by atoms with E-state index in [1.165, 1.54) is 0 Å². The maximum absolute atomic E-state index is 13.2.